The quantitative estimate of drug-likeness (QED) is 0.423. The van der Waals surface area contributed by atoms with E-state index in [2.05, 4.69) is 0 Å². The number of carbonyl (C=O) groups excluding carboxylic acids is 2. The summed E-state index contributed by atoms with van der Waals surface area (Å²) in [5.41, 5.74) is -2.90. The minimum atomic E-state index is -1.46. The fourth-order valence-electron chi connectivity index (χ4n) is 7.93. The van der Waals surface area contributed by atoms with Crippen molar-refractivity contribution in [2.75, 3.05) is 5.88 Å². The minimum Gasteiger partial charge on any atom is -0.344 e. The number of halogens is 5. The summed E-state index contributed by atoms with van der Waals surface area (Å²) in [6.07, 6.45) is 1.90. The molecule has 0 spiro atoms. The van der Waals surface area contributed by atoms with Crippen molar-refractivity contribution in [1.82, 2.24) is 0 Å². The molecule has 1 heterocycles. The number of ketones is 2. The first-order valence-corrected chi connectivity index (χ1v) is 13.0. The van der Waals surface area contributed by atoms with Gasteiger partial charge in [-0.2, -0.15) is 0 Å². The largest absolute Gasteiger partial charge is 0.344 e. The Kier molecular flexibility index (Phi) is 5.35. The van der Waals surface area contributed by atoms with E-state index in [-0.39, 0.29) is 34.6 Å². The second kappa shape index (κ2) is 7.20. The lowest BCUT2D eigenvalue weighted by molar-refractivity contribution is -0.211. The molecule has 4 fully saturated rings. The highest BCUT2D eigenvalue weighted by Crippen LogP contribution is 2.74. The Morgan fingerprint density at radius 2 is 1.88 bits per heavy atom. The van der Waals surface area contributed by atoms with E-state index in [0.29, 0.717) is 12.8 Å². The molecule has 182 valence electrons. The zero-order valence-corrected chi connectivity index (χ0v) is 21.9. The predicted molar refractivity (Wildman–Crippen MR) is 126 cm³/mol. The summed E-state index contributed by atoms with van der Waals surface area (Å²) in [5, 5.41) is -0.778. The van der Waals surface area contributed by atoms with Crippen LogP contribution < -0.4 is 0 Å². The van der Waals surface area contributed by atoms with Crippen LogP contribution in [0.4, 0.5) is 4.39 Å². The number of Topliss-reactive ketones (excluding diaryl/α,β-unsaturated/α-hetero) is 1. The first-order valence-electron chi connectivity index (χ1n) is 11.3. The van der Waals surface area contributed by atoms with Crippen LogP contribution in [0, 0.1) is 22.7 Å². The third-order valence-corrected chi connectivity index (χ3v) is 11.4. The van der Waals surface area contributed by atoms with Gasteiger partial charge in [-0.05, 0) is 56.6 Å². The van der Waals surface area contributed by atoms with Gasteiger partial charge in [0.05, 0.1) is 27.3 Å². The molecular formula is C24H27Cl4FO4. The molecule has 0 bridgehead atoms. The average Bonchev–Trinajstić information content (AvgIpc) is 3.13. The number of carbonyl (C=O) groups is 2. The molecule has 3 saturated carbocycles. The first-order chi connectivity index (χ1) is 15.2. The number of fused-ring (bicyclic) bond motifs is 7. The van der Waals surface area contributed by atoms with Gasteiger partial charge < -0.3 is 9.47 Å². The monoisotopic (exact) mass is 538 g/mol. The predicted octanol–water partition coefficient (Wildman–Crippen LogP) is 5.70. The molecule has 9 atom stereocenters. The van der Waals surface area contributed by atoms with Gasteiger partial charge in [0, 0.05) is 10.8 Å². The van der Waals surface area contributed by atoms with Crippen LogP contribution >= 0.6 is 46.4 Å². The SMILES string of the molecule is CC1(C)O[C@@H]2C[C@H]3[C@@H]4C[C@H](F)C5=C(Cl)C(=O)C=C[C@]5(C)[C@@]4(Cl)[C@@H](Cl)C[C@]3(C)[C@]2(C(=O)CCl)O1. The van der Waals surface area contributed by atoms with Gasteiger partial charge in [-0.3, -0.25) is 9.59 Å². The lowest BCUT2D eigenvalue weighted by Crippen LogP contribution is -2.69. The average molecular weight is 540 g/mol. The van der Waals surface area contributed by atoms with Crippen molar-refractivity contribution in [1.29, 1.82) is 0 Å². The summed E-state index contributed by atoms with van der Waals surface area (Å²) in [5.74, 6) is -2.48. The lowest BCUT2D eigenvalue weighted by Gasteiger charge is -2.64. The normalized spacial score (nSPS) is 52.3. The van der Waals surface area contributed by atoms with Crippen molar-refractivity contribution in [2.45, 2.75) is 80.9 Å². The number of hydrogen-bond acceptors (Lipinski definition) is 4. The molecule has 0 aromatic carbocycles. The molecule has 1 saturated heterocycles. The van der Waals surface area contributed by atoms with Crippen molar-refractivity contribution in [2.24, 2.45) is 22.7 Å². The fourth-order valence-corrected chi connectivity index (χ4v) is 9.70. The summed E-state index contributed by atoms with van der Waals surface area (Å²) in [4.78, 5) is 24.5. The maximum Gasteiger partial charge on any atom is 0.196 e. The molecule has 5 rings (SSSR count). The standard InChI is InChI=1S/C24H27Cl4FO4/c1-20(2)32-17-8-11-12-7-13(29)18-19(27)14(30)5-6-21(18,3)23(12,28)15(26)9-22(11,4)24(17,33-20)16(31)10-25/h5-6,11-13,15,17H,7-10H2,1-4H3/t11-,12-,13-,15-,17+,21-,22-,23-,24+/m0/s1. The van der Waals surface area contributed by atoms with Crippen LogP contribution in [0.1, 0.15) is 47.0 Å². The molecular weight excluding hydrogens is 513 g/mol. The third-order valence-electron chi connectivity index (χ3n) is 9.19. The highest BCUT2D eigenvalue weighted by atomic mass is 35.5. The van der Waals surface area contributed by atoms with Crippen LogP contribution in [-0.4, -0.2) is 51.4 Å². The van der Waals surface area contributed by atoms with Gasteiger partial charge in [0.1, 0.15) is 6.17 Å². The minimum absolute atomic E-state index is 0.0521. The highest BCUT2D eigenvalue weighted by Gasteiger charge is 2.79. The molecule has 0 amide bonds. The van der Waals surface area contributed by atoms with E-state index in [0.717, 1.165) is 0 Å². The smallest absolute Gasteiger partial charge is 0.196 e. The molecule has 0 unspecified atom stereocenters. The van der Waals surface area contributed by atoms with E-state index in [1.54, 1.807) is 19.9 Å². The molecule has 0 N–H and O–H groups in total. The summed E-state index contributed by atoms with van der Waals surface area (Å²) in [6, 6.07) is 0. The van der Waals surface area contributed by atoms with Gasteiger partial charge in [0.25, 0.3) is 0 Å². The first kappa shape index (κ1) is 24.5. The van der Waals surface area contributed by atoms with Crippen LogP contribution in [0.2, 0.25) is 0 Å². The second-order valence-electron chi connectivity index (χ2n) is 11.0. The lowest BCUT2D eigenvalue weighted by atomic mass is 9.46. The van der Waals surface area contributed by atoms with Gasteiger partial charge in [0.2, 0.25) is 0 Å². The van der Waals surface area contributed by atoms with E-state index in [1.807, 2.05) is 13.8 Å². The maximum absolute atomic E-state index is 15.8. The van der Waals surface area contributed by atoms with Gasteiger partial charge in [-0.15, -0.1) is 34.8 Å². The van der Waals surface area contributed by atoms with Gasteiger partial charge >= 0.3 is 0 Å². The van der Waals surface area contributed by atoms with Crippen LogP contribution in [0.5, 0.6) is 0 Å². The Morgan fingerprint density at radius 1 is 1.21 bits per heavy atom. The van der Waals surface area contributed by atoms with Crippen molar-refractivity contribution in [3.05, 3.63) is 22.8 Å². The van der Waals surface area contributed by atoms with Crippen LogP contribution in [0.3, 0.4) is 0 Å². The number of hydrogen-bond donors (Lipinski definition) is 0. The van der Waals surface area contributed by atoms with Gasteiger partial charge in [-0.1, -0.05) is 31.5 Å². The fraction of sp³-hybridized carbons (Fsp3) is 0.750. The molecule has 1 aliphatic heterocycles. The molecule has 4 nitrogen and oxygen atoms in total. The van der Waals surface area contributed by atoms with Crippen molar-refractivity contribution < 1.29 is 23.5 Å². The topological polar surface area (TPSA) is 52.6 Å². The molecule has 0 radical (unpaired) electrons. The zero-order chi connectivity index (χ0) is 24.4. The molecule has 0 aromatic rings. The number of allylic oxidation sites excluding steroid dienone is 4. The van der Waals surface area contributed by atoms with Crippen molar-refractivity contribution >= 4 is 58.0 Å². The van der Waals surface area contributed by atoms with E-state index in [9.17, 15) is 9.59 Å². The van der Waals surface area contributed by atoms with Crippen molar-refractivity contribution in [3.8, 4) is 0 Å². The van der Waals surface area contributed by atoms with Crippen LogP contribution in [0.25, 0.3) is 0 Å². The second-order valence-corrected chi connectivity index (χ2v) is 12.8. The number of alkyl halides is 4. The Bertz CT molecular complexity index is 1010. The Labute approximate surface area is 213 Å². The van der Waals surface area contributed by atoms with Gasteiger partial charge in [0.15, 0.2) is 23.0 Å². The van der Waals surface area contributed by atoms with Gasteiger partial charge in [-0.25, -0.2) is 4.39 Å². The highest BCUT2D eigenvalue weighted by molar-refractivity contribution is 6.45. The molecule has 5 aliphatic rings. The Balaban J connectivity index is 1.67. The van der Waals surface area contributed by atoms with E-state index < -0.39 is 56.4 Å². The zero-order valence-electron chi connectivity index (χ0n) is 18.9. The van der Waals surface area contributed by atoms with Crippen LogP contribution in [-0.2, 0) is 19.1 Å². The Morgan fingerprint density at radius 3 is 2.52 bits per heavy atom. The Hall–Kier alpha value is -0.170. The summed E-state index contributed by atoms with van der Waals surface area (Å²) in [6.45, 7) is 7.35. The van der Waals surface area contributed by atoms with Crippen molar-refractivity contribution in [3.63, 3.8) is 0 Å². The summed E-state index contributed by atoms with van der Waals surface area (Å²) >= 11 is 27.0. The third kappa shape index (κ3) is 2.73. The van der Waals surface area contributed by atoms with Crippen LogP contribution in [0.15, 0.2) is 22.8 Å². The number of rotatable bonds is 2. The summed E-state index contributed by atoms with van der Waals surface area (Å²) in [7, 11) is 0. The number of ether oxygens (including phenoxy) is 2. The molecule has 33 heavy (non-hydrogen) atoms. The molecule has 4 aliphatic carbocycles. The maximum atomic E-state index is 15.8. The molecule has 9 heteroatoms. The summed E-state index contributed by atoms with van der Waals surface area (Å²) < 4.78 is 28.4. The molecule has 0 aromatic heterocycles. The van der Waals surface area contributed by atoms with E-state index in [1.165, 1.54) is 6.08 Å². The van der Waals surface area contributed by atoms with E-state index in [4.69, 9.17) is 55.9 Å². The van der Waals surface area contributed by atoms with E-state index >= 15 is 4.39 Å².